The van der Waals surface area contributed by atoms with E-state index < -0.39 is 5.60 Å². The fourth-order valence-corrected chi connectivity index (χ4v) is 3.40. The van der Waals surface area contributed by atoms with Crippen LogP contribution < -0.4 is 0 Å². The summed E-state index contributed by atoms with van der Waals surface area (Å²) in [4.78, 5) is 13.9. The summed E-state index contributed by atoms with van der Waals surface area (Å²) in [6.45, 7) is 7.24. The van der Waals surface area contributed by atoms with Crippen LogP contribution in [0.4, 0.5) is 4.79 Å². The Labute approximate surface area is 109 Å². The van der Waals surface area contributed by atoms with E-state index in [-0.39, 0.29) is 24.0 Å². The standard InChI is InChI=1S/C14H25NO3/c1-13(2,3)18-12(17)15-8-11(9-16)14(10-15)6-4-5-7-14/h11,16H,4-10H2,1-3H3. The second-order valence-corrected chi connectivity index (χ2v) is 6.81. The average Bonchev–Trinajstić information content (AvgIpc) is 2.85. The van der Waals surface area contributed by atoms with Crippen LogP contribution in [-0.2, 0) is 4.74 Å². The summed E-state index contributed by atoms with van der Waals surface area (Å²) in [7, 11) is 0. The number of aliphatic hydroxyl groups excluding tert-OH is 1. The van der Waals surface area contributed by atoms with Gasteiger partial charge in [0, 0.05) is 25.6 Å². The van der Waals surface area contributed by atoms with E-state index >= 15 is 0 Å². The van der Waals surface area contributed by atoms with Crippen molar-refractivity contribution in [2.75, 3.05) is 19.7 Å². The number of hydrogen-bond acceptors (Lipinski definition) is 3. The molecule has 0 aromatic rings. The van der Waals surface area contributed by atoms with Crippen LogP contribution in [-0.4, -0.2) is 41.4 Å². The summed E-state index contributed by atoms with van der Waals surface area (Å²) in [5.41, 5.74) is -0.289. The zero-order valence-electron chi connectivity index (χ0n) is 11.7. The Hall–Kier alpha value is -0.770. The van der Waals surface area contributed by atoms with E-state index in [1.54, 1.807) is 4.90 Å². The van der Waals surface area contributed by atoms with E-state index in [0.717, 1.165) is 19.4 Å². The van der Waals surface area contributed by atoms with Gasteiger partial charge in [-0.3, -0.25) is 0 Å². The maximum absolute atomic E-state index is 12.1. The summed E-state index contributed by atoms with van der Waals surface area (Å²) in [5.74, 6) is 0.229. The smallest absolute Gasteiger partial charge is 0.410 e. The highest BCUT2D eigenvalue weighted by Gasteiger charge is 2.49. The van der Waals surface area contributed by atoms with Gasteiger partial charge in [-0.1, -0.05) is 12.8 Å². The van der Waals surface area contributed by atoms with E-state index in [4.69, 9.17) is 4.74 Å². The van der Waals surface area contributed by atoms with Crippen LogP contribution in [0.25, 0.3) is 0 Å². The minimum Gasteiger partial charge on any atom is -0.444 e. The van der Waals surface area contributed by atoms with Crippen molar-refractivity contribution in [1.29, 1.82) is 0 Å². The Morgan fingerprint density at radius 3 is 2.50 bits per heavy atom. The average molecular weight is 255 g/mol. The number of aliphatic hydroxyl groups is 1. The molecule has 0 aromatic carbocycles. The number of hydrogen-bond donors (Lipinski definition) is 1. The Kier molecular flexibility index (Phi) is 3.58. The lowest BCUT2D eigenvalue weighted by Gasteiger charge is -2.28. The van der Waals surface area contributed by atoms with E-state index in [2.05, 4.69) is 0 Å². The normalized spacial score (nSPS) is 26.9. The lowest BCUT2D eigenvalue weighted by atomic mass is 9.77. The van der Waals surface area contributed by atoms with Gasteiger partial charge in [-0.15, -0.1) is 0 Å². The zero-order valence-corrected chi connectivity index (χ0v) is 11.7. The molecule has 1 saturated heterocycles. The number of rotatable bonds is 1. The Balaban J connectivity index is 2.03. The predicted molar refractivity (Wildman–Crippen MR) is 69.3 cm³/mol. The number of ether oxygens (including phenoxy) is 1. The summed E-state index contributed by atoms with van der Waals surface area (Å²) < 4.78 is 5.42. The third-order valence-corrected chi connectivity index (χ3v) is 4.28. The van der Waals surface area contributed by atoms with Crippen LogP contribution in [0.2, 0.25) is 0 Å². The fourth-order valence-electron chi connectivity index (χ4n) is 3.40. The van der Waals surface area contributed by atoms with E-state index in [0.29, 0.717) is 6.54 Å². The minimum absolute atomic E-state index is 0.158. The van der Waals surface area contributed by atoms with Crippen molar-refractivity contribution < 1.29 is 14.6 Å². The van der Waals surface area contributed by atoms with Gasteiger partial charge in [0.2, 0.25) is 0 Å². The van der Waals surface area contributed by atoms with Crippen molar-refractivity contribution in [3.63, 3.8) is 0 Å². The quantitative estimate of drug-likeness (QED) is 0.782. The summed E-state index contributed by atoms with van der Waals surface area (Å²) in [6, 6.07) is 0. The lowest BCUT2D eigenvalue weighted by Crippen LogP contribution is -2.36. The largest absolute Gasteiger partial charge is 0.444 e. The molecule has 0 aromatic heterocycles. The monoisotopic (exact) mass is 255 g/mol. The molecule has 1 N–H and O–H groups in total. The molecule has 1 aliphatic carbocycles. The number of nitrogens with zero attached hydrogens (tertiary/aromatic N) is 1. The summed E-state index contributed by atoms with van der Waals surface area (Å²) in [5, 5.41) is 9.54. The molecule has 1 heterocycles. The first-order valence-corrected chi connectivity index (χ1v) is 6.95. The van der Waals surface area contributed by atoms with Crippen molar-refractivity contribution in [3.05, 3.63) is 0 Å². The van der Waals surface area contributed by atoms with Gasteiger partial charge in [0.1, 0.15) is 5.60 Å². The number of carbonyl (C=O) groups is 1. The molecule has 4 heteroatoms. The van der Waals surface area contributed by atoms with Crippen molar-refractivity contribution in [2.24, 2.45) is 11.3 Å². The first kappa shape index (κ1) is 13.7. The molecule has 1 saturated carbocycles. The minimum atomic E-state index is -0.447. The van der Waals surface area contributed by atoms with Gasteiger partial charge >= 0.3 is 6.09 Å². The van der Waals surface area contributed by atoms with Crippen LogP contribution in [0.15, 0.2) is 0 Å². The number of likely N-dealkylation sites (tertiary alicyclic amines) is 1. The summed E-state index contributed by atoms with van der Waals surface area (Å²) >= 11 is 0. The molecule has 1 amide bonds. The highest BCUT2D eigenvalue weighted by molar-refractivity contribution is 5.68. The van der Waals surface area contributed by atoms with Crippen LogP contribution in [0.1, 0.15) is 46.5 Å². The van der Waals surface area contributed by atoms with Gasteiger partial charge in [0.15, 0.2) is 0 Å². The third kappa shape index (κ3) is 2.63. The maximum Gasteiger partial charge on any atom is 0.410 e. The van der Waals surface area contributed by atoms with Crippen molar-refractivity contribution in [3.8, 4) is 0 Å². The van der Waals surface area contributed by atoms with Crippen LogP contribution in [0, 0.1) is 11.3 Å². The topological polar surface area (TPSA) is 49.8 Å². The van der Waals surface area contributed by atoms with Crippen molar-refractivity contribution in [1.82, 2.24) is 4.90 Å². The van der Waals surface area contributed by atoms with Crippen LogP contribution >= 0.6 is 0 Å². The van der Waals surface area contributed by atoms with Crippen LogP contribution in [0.3, 0.4) is 0 Å². The highest BCUT2D eigenvalue weighted by atomic mass is 16.6. The second-order valence-electron chi connectivity index (χ2n) is 6.81. The van der Waals surface area contributed by atoms with Crippen LogP contribution in [0.5, 0.6) is 0 Å². The van der Waals surface area contributed by atoms with Crippen molar-refractivity contribution in [2.45, 2.75) is 52.1 Å². The lowest BCUT2D eigenvalue weighted by molar-refractivity contribution is 0.0272. The maximum atomic E-state index is 12.1. The molecular formula is C14H25NO3. The highest BCUT2D eigenvalue weighted by Crippen LogP contribution is 2.49. The second kappa shape index (κ2) is 4.72. The number of amides is 1. The van der Waals surface area contributed by atoms with E-state index in [9.17, 15) is 9.90 Å². The van der Waals surface area contributed by atoms with Gasteiger partial charge in [0.05, 0.1) is 0 Å². The Morgan fingerprint density at radius 2 is 2.00 bits per heavy atom. The molecule has 2 rings (SSSR count). The van der Waals surface area contributed by atoms with Gasteiger partial charge in [0.25, 0.3) is 0 Å². The van der Waals surface area contributed by atoms with E-state index in [1.165, 1.54) is 12.8 Å². The van der Waals surface area contributed by atoms with Gasteiger partial charge in [-0.2, -0.15) is 0 Å². The molecule has 0 radical (unpaired) electrons. The zero-order chi connectivity index (χ0) is 13.4. The molecule has 1 unspecified atom stereocenters. The molecule has 104 valence electrons. The molecule has 1 spiro atoms. The SMILES string of the molecule is CC(C)(C)OC(=O)N1CC(CO)C2(CCCC2)C1. The fraction of sp³-hybridized carbons (Fsp3) is 0.929. The predicted octanol–water partition coefficient (Wildman–Crippen LogP) is 2.41. The third-order valence-electron chi connectivity index (χ3n) is 4.28. The van der Waals surface area contributed by atoms with Crippen molar-refractivity contribution >= 4 is 6.09 Å². The first-order valence-electron chi connectivity index (χ1n) is 6.95. The van der Waals surface area contributed by atoms with Gasteiger partial charge < -0.3 is 14.7 Å². The molecule has 1 aliphatic heterocycles. The summed E-state index contributed by atoms with van der Waals surface area (Å²) in [6.07, 6.45) is 4.48. The molecule has 18 heavy (non-hydrogen) atoms. The molecule has 0 bridgehead atoms. The van der Waals surface area contributed by atoms with E-state index in [1.807, 2.05) is 20.8 Å². The Morgan fingerprint density at radius 1 is 1.39 bits per heavy atom. The molecule has 2 fully saturated rings. The number of carbonyl (C=O) groups excluding carboxylic acids is 1. The molecule has 4 nitrogen and oxygen atoms in total. The molecular weight excluding hydrogens is 230 g/mol. The molecule has 1 atom stereocenters. The Bertz CT molecular complexity index is 315. The van der Waals surface area contributed by atoms with Gasteiger partial charge in [-0.25, -0.2) is 4.79 Å². The molecule has 2 aliphatic rings. The first-order chi connectivity index (χ1) is 8.36. The van der Waals surface area contributed by atoms with Gasteiger partial charge in [-0.05, 0) is 39.0 Å².